The maximum atomic E-state index is 12.7. The van der Waals surface area contributed by atoms with Crippen LogP contribution in [0.5, 0.6) is 5.75 Å². The first-order valence-electron chi connectivity index (χ1n) is 8.64. The number of rotatable bonds is 6. The van der Waals surface area contributed by atoms with E-state index in [1.165, 1.54) is 11.3 Å². The van der Waals surface area contributed by atoms with Crippen LogP contribution in [0.2, 0.25) is 0 Å². The highest BCUT2D eigenvalue weighted by Crippen LogP contribution is 2.20. The lowest BCUT2D eigenvalue weighted by molar-refractivity contribution is 0.0635. The van der Waals surface area contributed by atoms with Crippen LogP contribution < -0.4 is 10.1 Å². The Morgan fingerprint density at radius 3 is 2.56 bits per heavy atom. The fourth-order valence-electron chi connectivity index (χ4n) is 2.99. The number of amides is 2. The molecule has 2 heterocycles. The molecule has 1 fully saturated rings. The lowest BCUT2D eigenvalue weighted by Gasteiger charge is -2.35. The minimum Gasteiger partial charge on any atom is -0.496 e. The highest BCUT2D eigenvalue weighted by molar-refractivity contribution is 7.08. The fourth-order valence-corrected chi connectivity index (χ4v) is 3.63. The van der Waals surface area contributed by atoms with Crippen molar-refractivity contribution in [3.8, 4) is 5.75 Å². The predicted octanol–water partition coefficient (Wildman–Crippen LogP) is 2.37. The van der Waals surface area contributed by atoms with Crippen molar-refractivity contribution in [1.29, 1.82) is 0 Å². The molecule has 0 atom stereocenters. The molecule has 3 rings (SSSR count). The summed E-state index contributed by atoms with van der Waals surface area (Å²) in [5.41, 5.74) is 1.31. The third kappa shape index (κ3) is 5.45. The monoisotopic (exact) mass is 409 g/mol. The summed E-state index contributed by atoms with van der Waals surface area (Å²) in [6.07, 6.45) is 0. The molecule has 8 heteroatoms. The number of carbonyl (C=O) groups is 2. The van der Waals surface area contributed by atoms with E-state index in [-0.39, 0.29) is 24.2 Å². The van der Waals surface area contributed by atoms with E-state index in [2.05, 4.69) is 10.2 Å². The molecule has 1 aromatic heterocycles. The molecule has 1 N–H and O–H groups in total. The lowest BCUT2D eigenvalue weighted by Crippen LogP contribution is -2.50. The third-order valence-corrected chi connectivity index (χ3v) is 5.18. The van der Waals surface area contributed by atoms with E-state index in [9.17, 15) is 9.59 Å². The number of benzene rings is 1. The maximum Gasteiger partial charge on any atom is 0.257 e. The van der Waals surface area contributed by atoms with Crippen LogP contribution in [0.25, 0.3) is 0 Å². The van der Waals surface area contributed by atoms with Gasteiger partial charge in [0.15, 0.2) is 0 Å². The van der Waals surface area contributed by atoms with Gasteiger partial charge in [0.2, 0.25) is 0 Å². The Bertz CT molecular complexity index is 746. The second-order valence-electron chi connectivity index (χ2n) is 6.10. The molecule has 6 nitrogen and oxygen atoms in total. The van der Waals surface area contributed by atoms with Gasteiger partial charge < -0.3 is 15.0 Å². The van der Waals surface area contributed by atoms with E-state index in [4.69, 9.17) is 4.74 Å². The summed E-state index contributed by atoms with van der Waals surface area (Å²) in [4.78, 5) is 28.7. The Hall–Kier alpha value is -2.09. The van der Waals surface area contributed by atoms with Crippen molar-refractivity contribution >= 4 is 35.6 Å². The third-order valence-electron chi connectivity index (χ3n) is 4.49. The fraction of sp³-hybridized carbons (Fsp3) is 0.368. The predicted molar refractivity (Wildman–Crippen MR) is 109 cm³/mol. The number of methoxy groups -OCH3 is 1. The van der Waals surface area contributed by atoms with Crippen molar-refractivity contribution in [2.75, 3.05) is 46.4 Å². The lowest BCUT2D eigenvalue weighted by atomic mass is 10.1. The first kappa shape index (κ1) is 21.2. The number of para-hydroxylation sites is 1. The number of ether oxygens (including phenoxy) is 1. The maximum absolute atomic E-state index is 12.7. The van der Waals surface area contributed by atoms with Crippen molar-refractivity contribution in [2.24, 2.45) is 0 Å². The number of thiophene rings is 1. The number of halogens is 1. The molecular formula is C19H24ClN3O3S. The van der Waals surface area contributed by atoms with E-state index in [1.54, 1.807) is 19.2 Å². The second kappa shape index (κ2) is 10.3. The van der Waals surface area contributed by atoms with Crippen LogP contribution in [-0.2, 0) is 0 Å². The van der Waals surface area contributed by atoms with E-state index in [0.717, 1.165) is 19.6 Å². The van der Waals surface area contributed by atoms with Crippen molar-refractivity contribution in [2.45, 2.75) is 0 Å². The zero-order valence-electron chi connectivity index (χ0n) is 15.2. The summed E-state index contributed by atoms with van der Waals surface area (Å²) in [5, 5.41) is 6.68. The Morgan fingerprint density at radius 2 is 1.89 bits per heavy atom. The van der Waals surface area contributed by atoms with Crippen LogP contribution in [0.1, 0.15) is 20.7 Å². The molecule has 1 saturated heterocycles. The standard InChI is InChI=1S/C19H23N3O3S.ClH/c1-25-17-5-3-2-4-16(17)19(24)22-11-9-21(10-12-22)8-7-20-18(23)15-6-13-26-14-15;/h2-6,13-14H,7-12H2,1H3,(H,20,23);1H. The normalized spacial score (nSPS) is 14.3. The number of nitrogens with one attached hydrogen (secondary N) is 1. The van der Waals surface area contributed by atoms with Gasteiger partial charge in [0.1, 0.15) is 5.75 Å². The molecule has 2 amide bonds. The number of piperazine rings is 1. The van der Waals surface area contributed by atoms with Crippen LogP contribution in [0.4, 0.5) is 0 Å². The van der Waals surface area contributed by atoms with Gasteiger partial charge in [-0.3, -0.25) is 14.5 Å². The van der Waals surface area contributed by atoms with E-state index >= 15 is 0 Å². The largest absolute Gasteiger partial charge is 0.496 e. The minimum atomic E-state index is -0.0313. The molecule has 1 aliphatic rings. The molecule has 2 aromatic rings. The van der Waals surface area contributed by atoms with Crippen molar-refractivity contribution in [3.63, 3.8) is 0 Å². The summed E-state index contributed by atoms with van der Waals surface area (Å²) >= 11 is 1.52. The molecule has 0 saturated carbocycles. The zero-order valence-corrected chi connectivity index (χ0v) is 16.9. The SMILES string of the molecule is COc1ccccc1C(=O)N1CCN(CCNC(=O)c2ccsc2)CC1.Cl. The van der Waals surface area contributed by atoms with Gasteiger partial charge in [-0.2, -0.15) is 11.3 Å². The summed E-state index contributed by atoms with van der Waals surface area (Å²) in [6.45, 7) is 4.34. The molecule has 1 aromatic carbocycles. The smallest absolute Gasteiger partial charge is 0.257 e. The van der Waals surface area contributed by atoms with Gasteiger partial charge >= 0.3 is 0 Å². The summed E-state index contributed by atoms with van der Waals surface area (Å²) in [6, 6.07) is 9.13. The highest BCUT2D eigenvalue weighted by atomic mass is 35.5. The molecule has 0 radical (unpaired) electrons. The second-order valence-corrected chi connectivity index (χ2v) is 6.88. The van der Waals surface area contributed by atoms with Crippen molar-refractivity contribution in [3.05, 3.63) is 52.2 Å². The van der Waals surface area contributed by atoms with Crippen LogP contribution in [0, 0.1) is 0 Å². The summed E-state index contributed by atoms with van der Waals surface area (Å²) in [7, 11) is 1.58. The van der Waals surface area contributed by atoms with Gasteiger partial charge in [-0.15, -0.1) is 12.4 Å². The zero-order chi connectivity index (χ0) is 18.4. The number of hydrogen-bond donors (Lipinski definition) is 1. The van der Waals surface area contributed by atoms with Gasteiger partial charge in [-0.05, 0) is 23.6 Å². The first-order chi connectivity index (χ1) is 12.7. The van der Waals surface area contributed by atoms with Crippen molar-refractivity contribution < 1.29 is 14.3 Å². The van der Waals surface area contributed by atoms with Gasteiger partial charge in [0.05, 0.1) is 12.7 Å². The topological polar surface area (TPSA) is 61.9 Å². The summed E-state index contributed by atoms with van der Waals surface area (Å²) < 4.78 is 5.29. The Labute approximate surface area is 169 Å². The van der Waals surface area contributed by atoms with Gasteiger partial charge in [0.25, 0.3) is 11.8 Å². The molecule has 1 aliphatic heterocycles. The average molecular weight is 410 g/mol. The minimum absolute atomic E-state index is 0. The van der Waals surface area contributed by atoms with Crippen LogP contribution in [0.15, 0.2) is 41.1 Å². The molecule has 0 bridgehead atoms. The summed E-state index contributed by atoms with van der Waals surface area (Å²) in [5.74, 6) is 0.583. The molecule has 146 valence electrons. The number of hydrogen-bond acceptors (Lipinski definition) is 5. The Kier molecular flexibility index (Phi) is 8.09. The number of carbonyl (C=O) groups excluding carboxylic acids is 2. The van der Waals surface area contributed by atoms with Crippen LogP contribution in [-0.4, -0.2) is 68.0 Å². The van der Waals surface area contributed by atoms with Gasteiger partial charge in [-0.25, -0.2) is 0 Å². The van der Waals surface area contributed by atoms with E-state index < -0.39 is 0 Å². The van der Waals surface area contributed by atoms with Crippen molar-refractivity contribution in [1.82, 2.24) is 15.1 Å². The van der Waals surface area contributed by atoms with E-state index in [1.807, 2.05) is 33.9 Å². The first-order valence-corrected chi connectivity index (χ1v) is 9.58. The highest BCUT2D eigenvalue weighted by Gasteiger charge is 2.23. The van der Waals surface area contributed by atoms with Gasteiger partial charge in [-0.1, -0.05) is 12.1 Å². The molecule has 0 spiro atoms. The molecule has 0 unspecified atom stereocenters. The van der Waals surface area contributed by atoms with Crippen LogP contribution >= 0.6 is 23.7 Å². The Morgan fingerprint density at radius 1 is 1.15 bits per heavy atom. The molecule has 0 aliphatic carbocycles. The molecular weight excluding hydrogens is 386 g/mol. The van der Waals surface area contributed by atoms with Crippen LogP contribution in [0.3, 0.4) is 0 Å². The van der Waals surface area contributed by atoms with E-state index in [0.29, 0.717) is 36.5 Å². The number of nitrogens with zero attached hydrogens (tertiary/aromatic N) is 2. The average Bonchev–Trinajstić information content (AvgIpc) is 3.23. The molecule has 27 heavy (non-hydrogen) atoms. The van der Waals surface area contributed by atoms with Gasteiger partial charge in [0, 0.05) is 50.2 Å². The quantitative estimate of drug-likeness (QED) is 0.795. The Balaban J connectivity index is 0.00000261.